The Morgan fingerprint density at radius 3 is 2.41 bits per heavy atom. The van der Waals surface area contributed by atoms with Gasteiger partial charge in [0.25, 0.3) is 0 Å². The molecule has 2 unspecified atom stereocenters. The van der Waals surface area contributed by atoms with Gasteiger partial charge in [0.2, 0.25) is 5.91 Å². The quantitative estimate of drug-likeness (QED) is 0.673. The number of hydrogen-bond acceptors (Lipinski definition) is 5. The van der Waals surface area contributed by atoms with Gasteiger partial charge in [-0.25, -0.2) is 9.18 Å². The van der Waals surface area contributed by atoms with E-state index >= 15 is 0 Å². The lowest BCUT2D eigenvalue weighted by Gasteiger charge is -2.23. The maximum atomic E-state index is 14.4. The van der Waals surface area contributed by atoms with Gasteiger partial charge in [-0.05, 0) is 65.9 Å². The molecule has 0 radical (unpaired) electrons. The number of amides is 2. The number of nitrogens with one attached hydrogen (secondary N) is 2. The van der Waals surface area contributed by atoms with Gasteiger partial charge in [0.05, 0.1) is 5.69 Å². The van der Waals surface area contributed by atoms with Crippen molar-refractivity contribution in [2.75, 3.05) is 26.0 Å². The largest absolute Gasteiger partial charge is 0.444 e. The smallest absolute Gasteiger partial charge is 0.408 e. The zero-order valence-electron chi connectivity index (χ0n) is 16.8. The van der Waals surface area contributed by atoms with Gasteiger partial charge in [-0.2, -0.15) is 0 Å². The van der Waals surface area contributed by atoms with Gasteiger partial charge in [0, 0.05) is 12.6 Å². The number of halogens is 1. The lowest BCUT2D eigenvalue weighted by Crippen LogP contribution is -2.46. The number of aliphatic hydroxyl groups excluding tert-OH is 1. The summed E-state index contributed by atoms with van der Waals surface area (Å²) in [6.45, 7) is 6.70. The fourth-order valence-electron chi connectivity index (χ4n) is 2.26. The molecule has 0 aliphatic heterocycles. The first-order valence-electron chi connectivity index (χ1n) is 8.81. The maximum absolute atomic E-state index is 14.4. The van der Waals surface area contributed by atoms with Crippen LogP contribution in [-0.2, 0) is 9.53 Å². The minimum absolute atomic E-state index is 0.00337. The van der Waals surface area contributed by atoms with Gasteiger partial charge in [-0.15, -0.1) is 0 Å². The highest BCUT2D eigenvalue weighted by Crippen LogP contribution is 2.23. The molecule has 0 aliphatic carbocycles. The lowest BCUT2D eigenvalue weighted by molar-refractivity contribution is -0.118. The molecule has 0 aliphatic rings. The van der Waals surface area contributed by atoms with E-state index in [2.05, 4.69) is 10.6 Å². The second-order valence-corrected chi connectivity index (χ2v) is 7.58. The van der Waals surface area contributed by atoms with Crippen LogP contribution in [0.15, 0.2) is 18.2 Å². The molecule has 0 heterocycles. The number of rotatable bonds is 7. The number of alkyl carbamates (subject to hydrolysis) is 1. The third kappa shape index (κ3) is 7.52. The molecule has 27 heavy (non-hydrogen) atoms. The molecule has 3 N–H and O–H groups in total. The Bertz CT molecular complexity index is 659. The molecule has 1 aromatic rings. The number of hydrogen-bond donors (Lipinski definition) is 3. The summed E-state index contributed by atoms with van der Waals surface area (Å²) in [5.74, 6) is -1.21. The molecule has 7 nitrogen and oxygen atoms in total. The molecule has 2 atom stereocenters. The standard InChI is InChI=1S/C19H30FN3O4/c1-12(23(5)6)13-7-8-15(14(20)11-13)21-17(25)16(9-10-24)22-18(26)27-19(2,3)4/h7-8,11-12,16,24H,9-10H2,1-6H3,(H,21,25)(H,22,26). The van der Waals surface area contributed by atoms with Crippen LogP contribution in [0, 0.1) is 5.82 Å². The number of carbonyl (C=O) groups excluding carboxylic acids is 2. The van der Waals surface area contributed by atoms with Gasteiger partial charge >= 0.3 is 6.09 Å². The normalized spacial score (nSPS) is 13.8. The highest BCUT2D eigenvalue weighted by molar-refractivity contribution is 5.96. The van der Waals surface area contributed by atoms with Crippen LogP contribution in [0.1, 0.15) is 45.7 Å². The molecule has 0 saturated heterocycles. The van der Waals surface area contributed by atoms with Crippen LogP contribution in [-0.4, -0.2) is 54.4 Å². The van der Waals surface area contributed by atoms with E-state index in [4.69, 9.17) is 9.84 Å². The van der Waals surface area contributed by atoms with E-state index in [1.807, 2.05) is 25.9 Å². The molecule has 8 heteroatoms. The number of aliphatic hydroxyl groups is 1. The summed E-state index contributed by atoms with van der Waals surface area (Å²) in [7, 11) is 3.78. The molecule has 0 bridgehead atoms. The lowest BCUT2D eigenvalue weighted by atomic mass is 10.1. The van der Waals surface area contributed by atoms with Gasteiger partial charge < -0.3 is 25.4 Å². The summed E-state index contributed by atoms with van der Waals surface area (Å²) < 4.78 is 19.5. The monoisotopic (exact) mass is 383 g/mol. The maximum Gasteiger partial charge on any atom is 0.408 e. The van der Waals surface area contributed by atoms with Crippen LogP contribution in [0.25, 0.3) is 0 Å². The Labute approximate surface area is 159 Å². The molecule has 1 aromatic carbocycles. The molecule has 152 valence electrons. The fraction of sp³-hybridized carbons (Fsp3) is 0.579. The number of nitrogens with zero attached hydrogens (tertiary/aromatic N) is 1. The highest BCUT2D eigenvalue weighted by atomic mass is 19.1. The molecule has 0 saturated carbocycles. The Morgan fingerprint density at radius 2 is 1.93 bits per heavy atom. The van der Waals surface area contributed by atoms with Crippen molar-refractivity contribution in [3.8, 4) is 0 Å². The van der Waals surface area contributed by atoms with Crippen LogP contribution in [0.5, 0.6) is 0 Å². The van der Waals surface area contributed by atoms with Crippen molar-refractivity contribution in [1.82, 2.24) is 10.2 Å². The number of benzene rings is 1. The van der Waals surface area contributed by atoms with Crippen LogP contribution in [0.2, 0.25) is 0 Å². The van der Waals surface area contributed by atoms with Crippen LogP contribution < -0.4 is 10.6 Å². The first-order chi connectivity index (χ1) is 12.4. The fourth-order valence-corrected chi connectivity index (χ4v) is 2.26. The van der Waals surface area contributed by atoms with Gasteiger partial charge in [-0.3, -0.25) is 4.79 Å². The SMILES string of the molecule is CC(c1ccc(NC(=O)C(CCO)NC(=O)OC(C)(C)C)c(F)c1)N(C)C. The Hall–Kier alpha value is -2.19. The summed E-state index contributed by atoms with van der Waals surface area (Å²) in [6.07, 6.45) is -0.811. The Kier molecular flexibility index (Phi) is 8.18. The van der Waals surface area contributed by atoms with Crippen LogP contribution in [0.3, 0.4) is 0 Å². The third-order valence-corrected chi connectivity index (χ3v) is 3.93. The first-order valence-corrected chi connectivity index (χ1v) is 8.81. The third-order valence-electron chi connectivity index (χ3n) is 3.93. The van der Waals surface area contributed by atoms with Crippen molar-refractivity contribution in [3.63, 3.8) is 0 Å². The molecule has 2 amide bonds. The summed E-state index contributed by atoms with van der Waals surface area (Å²) in [4.78, 5) is 26.2. The molecule has 0 fully saturated rings. The van der Waals surface area contributed by atoms with Crippen molar-refractivity contribution in [1.29, 1.82) is 0 Å². The average Bonchev–Trinajstić information content (AvgIpc) is 2.53. The summed E-state index contributed by atoms with van der Waals surface area (Å²) in [5.41, 5.74) is 0.0491. The highest BCUT2D eigenvalue weighted by Gasteiger charge is 2.25. The van der Waals surface area contributed by atoms with E-state index in [9.17, 15) is 14.0 Å². The van der Waals surface area contributed by atoms with E-state index in [1.165, 1.54) is 12.1 Å². The van der Waals surface area contributed by atoms with Crippen molar-refractivity contribution in [2.45, 2.75) is 51.8 Å². The summed E-state index contributed by atoms with van der Waals surface area (Å²) in [6, 6.07) is 3.53. The van der Waals surface area contributed by atoms with Gasteiger partial charge in [-0.1, -0.05) is 6.07 Å². The van der Waals surface area contributed by atoms with Crippen LogP contribution >= 0.6 is 0 Å². The Balaban J connectivity index is 2.85. The molecule has 1 rings (SSSR count). The molecular formula is C19H30FN3O4. The predicted molar refractivity (Wildman–Crippen MR) is 102 cm³/mol. The van der Waals surface area contributed by atoms with Crippen molar-refractivity contribution < 1.29 is 23.8 Å². The van der Waals surface area contributed by atoms with E-state index < -0.39 is 29.5 Å². The van der Waals surface area contributed by atoms with Crippen LogP contribution in [0.4, 0.5) is 14.9 Å². The van der Waals surface area contributed by atoms with Gasteiger partial charge in [0.15, 0.2) is 0 Å². The second kappa shape index (κ2) is 9.66. The number of anilines is 1. The molecule has 0 spiro atoms. The Morgan fingerprint density at radius 1 is 1.30 bits per heavy atom. The van der Waals surface area contributed by atoms with Gasteiger partial charge in [0.1, 0.15) is 17.5 Å². The minimum Gasteiger partial charge on any atom is -0.444 e. The van der Waals surface area contributed by atoms with Crippen molar-refractivity contribution in [2.24, 2.45) is 0 Å². The molecule has 0 aromatic heterocycles. The zero-order chi connectivity index (χ0) is 20.8. The van der Waals surface area contributed by atoms with E-state index in [1.54, 1.807) is 26.8 Å². The number of carbonyl (C=O) groups is 2. The van der Waals surface area contributed by atoms with E-state index in [0.717, 1.165) is 5.56 Å². The first kappa shape index (κ1) is 22.9. The minimum atomic E-state index is -1.05. The predicted octanol–water partition coefficient (Wildman–Crippen LogP) is 2.66. The second-order valence-electron chi connectivity index (χ2n) is 7.58. The van der Waals surface area contributed by atoms with E-state index in [0.29, 0.717) is 0 Å². The topological polar surface area (TPSA) is 90.9 Å². The number of ether oxygens (including phenoxy) is 1. The summed E-state index contributed by atoms with van der Waals surface area (Å²) >= 11 is 0. The van der Waals surface area contributed by atoms with E-state index in [-0.39, 0.29) is 24.8 Å². The van der Waals surface area contributed by atoms with Crippen molar-refractivity contribution in [3.05, 3.63) is 29.6 Å². The average molecular weight is 383 g/mol. The molecular weight excluding hydrogens is 353 g/mol. The zero-order valence-corrected chi connectivity index (χ0v) is 16.8. The van der Waals surface area contributed by atoms with Crippen molar-refractivity contribution >= 4 is 17.7 Å². The summed E-state index contributed by atoms with van der Waals surface area (Å²) in [5, 5.41) is 14.0.